The average Bonchev–Trinajstić information content (AvgIpc) is 3.11. The van der Waals surface area contributed by atoms with E-state index in [1.807, 2.05) is 0 Å². The molecule has 0 unspecified atom stereocenters. The molecule has 0 atom stereocenters. The fourth-order valence-electron chi connectivity index (χ4n) is 2.70. The number of nitrogens with zero attached hydrogens (tertiary/aromatic N) is 2. The van der Waals surface area contributed by atoms with E-state index in [0.717, 1.165) is 18.3 Å². The molecule has 1 amide bonds. The maximum atomic E-state index is 14.4. The fourth-order valence-corrected chi connectivity index (χ4v) is 3.22. The zero-order valence-corrected chi connectivity index (χ0v) is 15.3. The third-order valence-electron chi connectivity index (χ3n) is 4.05. The fraction of sp³-hybridized carbons (Fsp3) is 0.375. The van der Waals surface area contributed by atoms with Gasteiger partial charge in [-0.05, 0) is 30.5 Å². The van der Waals surface area contributed by atoms with Crippen LogP contribution >= 0.6 is 11.3 Å². The number of hydrogen-bond acceptors (Lipinski definition) is 4. The van der Waals surface area contributed by atoms with Crippen molar-refractivity contribution in [2.24, 2.45) is 5.84 Å². The van der Waals surface area contributed by atoms with Gasteiger partial charge in [-0.1, -0.05) is 13.0 Å². The second kappa shape index (κ2) is 7.32. The lowest BCUT2D eigenvalue weighted by molar-refractivity contribution is -0.348. The standard InChI is InChI=1S/C16H14F7N3OS/c1-3-9-5-10(14(17,15(18,19)20)16(21,22)23)4-8(2)12(9)26(24)13(27)11-6-28-7-25-11/h4-7H,3,24H2,1-2H3. The maximum Gasteiger partial charge on any atom is 0.435 e. The van der Waals surface area contributed by atoms with Crippen LogP contribution < -0.4 is 10.9 Å². The highest BCUT2D eigenvalue weighted by Crippen LogP contribution is 2.54. The number of nitrogens with two attached hydrogens (primary N) is 1. The number of hydrogen-bond donors (Lipinski definition) is 1. The van der Waals surface area contributed by atoms with Crippen LogP contribution in [0.1, 0.15) is 34.1 Å². The average molecular weight is 429 g/mol. The van der Waals surface area contributed by atoms with Crippen molar-refractivity contribution in [2.75, 3.05) is 5.01 Å². The summed E-state index contributed by atoms with van der Waals surface area (Å²) in [6.07, 6.45) is -12.6. The molecule has 1 aromatic heterocycles. The summed E-state index contributed by atoms with van der Waals surface area (Å²) in [6.45, 7) is 2.56. The first-order valence-corrected chi connectivity index (χ1v) is 8.63. The van der Waals surface area contributed by atoms with Gasteiger partial charge in [0.25, 0.3) is 5.91 Å². The number of carbonyl (C=O) groups is 1. The van der Waals surface area contributed by atoms with E-state index in [0.29, 0.717) is 17.1 Å². The van der Waals surface area contributed by atoms with Crippen LogP contribution in [0.15, 0.2) is 23.0 Å². The van der Waals surface area contributed by atoms with E-state index < -0.39 is 29.5 Å². The van der Waals surface area contributed by atoms with Crippen LogP contribution in [0.5, 0.6) is 0 Å². The Morgan fingerprint density at radius 3 is 2.14 bits per heavy atom. The Bertz CT molecular complexity index is 848. The van der Waals surface area contributed by atoms with Crippen molar-refractivity contribution in [1.29, 1.82) is 0 Å². The number of alkyl halides is 7. The Morgan fingerprint density at radius 1 is 1.14 bits per heavy atom. The van der Waals surface area contributed by atoms with Gasteiger partial charge in [-0.15, -0.1) is 11.3 Å². The molecule has 2 rings (SSSR count). The third kappa shape index (κ3) is 3.58. The van der Waals surface area contributed by atoms with E-state index in [-0.39, 0.29) is 28.9 Å². The summed E-state index contributed by atoms with van der Waals surface area (Å²) >= 11 is 1.09. The molecule has 0 radical (unpaired) electrons. The molecular formula is C16H14F7N3OS. The number of rotatable bonds is 4. The largest absolute Gasteiger partial charge is 0.435 e. The highest BCUT2D eigenvalue weighted by Gasteiger charge is 2.73. The number of hydrazine groups is 1. The van der Waals surface area contributed by atoms with Gasteiger partial charge in [0.05, 0.1) is 11.2 Å². The number of aromatic nitrogens is 1. The lowest BCUT2D eigenvalue weighted by atomic mass is 9.89. The van der Waals surface area contributed by atoms with E-state index in [1.165, 1.54) is 17.8 Å². The summed E-state index contributed by atoms with van der Waals surface area (Å²) in [5, 5.41) is 1.95. The lowest BCUT2D eigenvalue weighted by Gasteiger charge is -2.32. The number of aryl methyl sites for hydroxylation is 2. The predicted molar refractivity (Wildman–Crippen MR) is 88.6 cm³/mol. The first kappa shape index (κ1) is 22.1. The predicted octanol–water partition coefficient (Wildman–Crippen LogP) is 4.82. The Labute approximate surface area is 158 Å². The molecule has 12 heteroatoms. The molecule has 2 aromatic rings. The molecule has 1 heterocycles. The minimum Gasteiger partial charge on any atom is -0.265 e. The number of carbonyl (C=O) groups excluding carboxylic acids is 1. The highest BCUT2D eigenvalue weighted by molar-refractivity contribution is 7.07. The second-order valence-corrected chi connectivity index (χ2v) is 6.58. The molecule has 0 saturated heterocycles. The maximum absolute atomic E-state index is 14.4. The zero-order chi connectivity index (χ0) is 21.5. The first-order chi connectivity index (χ1) is 12.8. The van der Waals surface area contributed by atoms with Gasteiger partial charge in [-0.25, -0.2) is 20.2 Å². The zero-order valence-electron chi connectivity index (χ0n) is 14.5. The van der Waals surface area contributed by atoms with Crippen molar-refractivity contribution in [1.82, 2.24) is 4.98 Å². The Balaban J connectivity index is 2.65. The number of halogens is 7. The van der Waals surface area contributed by atoms with Crippen LogP contribution in [0.4, 0.5) is 36.4 Å². The molecule has 28 heavy (non-hydrogen) atoms. The molecule has 4 nitrogen and oxygen atoms in total. The monoisotopic (exact) mass is 429 g/mol. The van der Waals surface area contributed by atoms with E-state index in [4.69, 9.17) is 5.84 Å². The van der Waals surface area contributed by atoms with Crippen LogP contribution in [0.3, 0.4) is 0 Å². The Morgan fingerprint density at radius 2 is 1.71 bits per heavy atom. The molecule has 0 aliphatic carbocycles. The summed E-state index contributed by atoms with van der Waals surface area (Å²) in [7, 11) is 0. The summed E-state index contributed by atoms with van der Waals surface area (Å²) in [5.74, 6) is 4.93. The van der Waals surface area contributed by atoms with Crippen LogP contribution in [0.2, 0.25) is 0 Å². The molecule has 1 aromatic carbocycles. The van der Waals surface area contributed by atoms with E-state index in [1.54, 1.807) is 0 Å². The molecule has 154 valence electrons. The van der Waals surface area contributed by atoms with Gasteiger partial charge in [-0.3, -0.25) is 4.79 Å². The molecule has 0 fully saturated rings. The van der Waals surface area contributed by atoms with E-state index >= 15 is 0 Å². The van der Waals surface area contributed by atoms with Crippen molar-refractivity contribution in [2.45, 2.75) is 38.3 Å². The first-order valence-electron chi connectivity index (χ1n) is 7.69. The third-order valence-corrected chi connectivity index (χ3v) is 4.64. The van der Waals surface area contributed by atoms with Crippen molar-refractivity contribution in [3.8, 4) is 0 Å². The Hall–Kier alpha value is -2.21. The highest BCUT2D eigenvalue weighted by atomic mass is 32.1. The van der Waals surface area contributed by atoms with Gasteiger partial charge in [0.15, 0.2) is 0 Å². The van der Waals surface area contributed by atoms with Crippen LogP contribution in [-0.2, 0) is 12.1 Å². The normalized spacial score (nSPS) is 12.9. The SMILES string of the molecule is CCc1cc(C(F)(C(F)(F)F)C(F)(F)F)cc(C)c1N(N)C(=O)c1cscn1. The number of amides is 1. The van der Waals surface area contributed by atoms with Crippen molar-refractivity contribution in [3.63, 3.8) is 0 Å². The summed E-state index contributed by atoms with van der Waals surface area (Å²) < 4.78 is 92.6. The Kier molecular flexibility index (Phi) is 5.77. The van der Waals surface area contributed by atoms with Gasteiger partial charge in [0, 0.05) is 10.9 Å². The van der Waals surface area contributed by atoms with Gasteiger partial charge in [-0.2, -0.15) is 26.3 Å². The minimum absolute atomic E-state index is 0.0524. The number of anilines is 1. The van der Waals surface area contributed by atoms with E-state index in [2.05, 4.69) is 4.98 Å². The molecule has 0 spiro atoms. The van der Waals surface area contributed by atoms with Crippen molar-refractivity contribution >= 4 is 22.9 Å². The van der Waals surface area contributed by atoms with Gasteiger partial charge in [0.2, 0.25) is 0 Å². The van der Waals surface area contributed by atoms with Crippen molar-refractivity contribution in [3.05, 3.63) is 45.4 Å². The lowest BCUT2D eigenvalue weighted by Crippen LogP contribution is -2.50. The molecule has 0 saturated carbocycles. The smallest absolute Gasteiger partial charge is 0.265 e. The molecular weight excluding hydrogens is 415 g/mol. The topological polar surface area (TPSA) is 59.2 Å². The van der Waals surface area contributed by atoms with Crippen LogP contribution in [-0.4, -0.2) is 23.2 Å². The van der Waals surface area contributed by atoms with Gasteiger partial charge >= 0.3 is 18.0 Å². The summed E-state index contributed by atoms with van der Waals surface area (Å²) in [5.41, 5.74) is -6.39. The van der Waals surface area contributed by atoms with Gasteiger partial charge in [0.1, 0.15) is 5.69 Å². The second-order valence-electron chi connectivity index (χ2n) is 5.86. The van der Waals surface area contributed by atoms with E-state index in [9.17, 15) is 35.5 Å². The molecule has 0 aliphatic heterocycles. The molecule has 0 aliphatic rings. The summed E-state index contributed by atoms with van der Waals surface area (Å²) in [6, 6.07) is 0.821. The molecule has 0 bridgehead atoms. The van der Waals surface area contributed by atoms with Gasteiger partial charge < -0.3 is 0 Å². The molecule has 2 N–H and O–H groups in total. The quantitative estimate of drug-likeness (QED) is 0.328. The number of benzene rings is 1. The summed E-state index contributed by atoms with van der Waals surface area (Å²) in [4.78, 5) is 16.1. The van der Waals surface area contributed by atoms with Crippen LogP contribution in [0.25, 0.3) is 0 Å². The number of thiazole rings is 1. The van der Waals surface area contributed by atoms with Crippen LogP contribution in [0, 0.1) is 6.92 Å². The minimum atomic E-state index is -6.23. The van der Waals surface area contributed by atoms with Crippen molar-refractivity contribution < 1.29 is 35.5 Å².